The van der Waals surface area contributed by atoms with E-state index in [1.165, 1.54) is 11.1 Å². The van der Waals surface area contributed by atoms with E-state index in [4.69, 9.17) is 18.8 Å². The summed E-state index contributed by atoms with van der Waals surface area (Å²) in [6, 6.07) is 28.5. The molecule has 0 aliphatic carbocycles. The van der Waals surface area contributed by atoms with Gasteiger partial charge in [0, 0.05) is 11.1 Å². The van der Waals surface area contributed by atoms with Gasteiger partial charge in [0.25, 0.3) is 0 Å². The van der Waals surface area contributed by atoms with Crippen LogP contribution in [0.1, 0.15) is 11.1 Å². The lowest BCUT2D eigenvalue weighted by atomic mass is 10.0. The van der Waals surface area contributed by atoms with Gasteiger partial charge in [0.05, 0.1) is 0 Å². The number of rotatable bonds is 3. The Kier molecular flexibility index (Phi) is 4.18. The van der Waals surface area contributed by atoms with E-state index in [0.717, 1.165) is 44.5 Å². The van der Waals surface area contributed by atoms with E-state index in [-0.39, 0.29) is 0 Å². The summed E-state index contributed by atoms with van der Waals surface area (Å²) in [5, 5.41) is 0. The van der Waals surface area contributed by atoms with Crippen LogP contribution in [0.15, 0.2) is 93.8 Å². The molecule has 2 heterocycles. The second kappa shape index (κ2) is 7.20. The first-order valence-corrected chi connectivity index (χ1v) is 10.6. The van der Waals surface area contributed by atoms with Gasteiger partial charge in [-0.3, -0.25) is 0 Å². The molecule has 6 aromatic rings. The van der Waals surface area contributed by atoms with E-state index in [9.17, 15) is 0 Å². The number of benzene rings is 4. The van der Waals surface area contributed by atoms with Crippen LogP contribution in [-0.2, 0) is 0 Å². The third kappa shape index (κ3) is 3.26. The molecule has 32 heavy (non-hydrogen) atoms. The molecule has 0 fully saturated rings. The summed E-state index contributed by atoms with van der Waals surface area (Å²) >= 11 is 0. The summed E-state index contributed by atoms with van der Waals surface area (Å²) in [7, 11) is 0. The zero-order chi connectivity index (χ0) is 21.7. The topological polar surface area (TPSA) is 52.1 Å². The first kappa shape index (κ1) is 18.6. The lowest BCUT2D eigenvalue weighted by molar-refractivity contribution is 0.619. The number of aryl methyl sites for hydroxylation is 2. The molecule has 0 aliphatic rings. The average molecular weight is 416 g/mol. The smallest absolute Gasteiger partial charge is 0.227 e. The monoisotopic (exact) mass is 416 g/mol. The highest BCUT2D eigenvalue weighted by atomic mass is 16.4. The molecule has 6 rings (SSSR count). The van der Waals surface area contributed by atoms with E-state index in [0.29, 0.717) is 11.8 Å². The van der Waals surface area contributed by atoms with Crippen molar-refractivity contribution in [3.8, 4) is 34.0 Å². The third-order valence-electron chi connectivity index (χ3n) is 5.64. The third-order valence-corrected chi connectivity index (χ3v) is 5.64. The van der Waals surface area contributed by atoms with Crippen molar-refractivity contribution in [1.82, 2.24) is 9.97 Å². The van der Waals surface area contributed by atoms with Gasteiger partial charge in [0.15, 0.2) is 11.2 Å². The van der Waals surface area contributed by atoms with Gasteiger partial charge in [-0.1, -0.05) is 47.5 Å². The Morgan fingerprint density at radius 3 is 1.41 bits per heavy atom. The minimum Gasteiger partial charge on any atom is -0.436 e. The molecule has 0 spiro atoms. The SMILES string of the molecule is Cc1cccc(-c2nc3cc(-c4ccc5oc(-c6cccc(C)c6)nc5c4)ccc3o2)c1. The first-order valence-electron chi connectivity index (χ1n) is 10.6. The van der Waals surface area contributed by atoms with E-state index < -0.39 is 0 Å². The molecule has 0 bridgehead atoms. The van der Waals surface area contributed by atoms with Crippen molar-refractivity contribution in [2.24, 2.45) is 0 Å². The number of fused-ring (bicyclic) bond motifs is 2. The summed E-state index contributed by atoms with van der Waals surface area (Å²) in [6.07, 6.45) is 0. The fourth-order valence-corrected chi connectivity index (χ4v) is 4.02. The number of oxazole rings is 2. The predicted molar refractivity (Wildman–Crippen MR) is 127 cm³/mol. The van der Waals surface area contributed by atoms with Crippen molar-refractivity contribution in [3.63, 3.8) is 0 Å². The second-order valence-corrected chi connectivity index (χ2v) is 8.14. The summed E-state index contributed by atoms with van der Waals surface area (Å²) in [5.74, 6) is 1.27. The van der Waals surface area contributed by atoms with Crippen LogP contribution in [0.3, 0.4) is 0 Å². The van der Waals surface area contributed by atoms with Crippen molar-refractivity contribution in [3.05, 3.63) is 96.1 Å². The molecule has 4 nitrogen and oxygen atoms in total. The van der Waals surface area contributed by atoms with E-state index >= 15 is 0 Å². The number of hydrogen-bond acceptors (Lipinski definition) is 4. The van der Waals surface area contributed by atoms with Crippen molar-refractivity contribution < 1.29 is 8.83 Å². The van der Waals surface area contributed by atoms with Gasteiger partial charge in [-0.2, -0.15) is 0 Å². The minimum absolute atomic E-state index is 0.635. The van der Waals surface area contributed by atoms with Gasteiger partial charge in [-0.25, -0.2) is 9.97 Å². The van der Waals surface area contributed by atoms with Crippen LogP contribution in [-0.4, -0.2) is 9.97 Å². The van der Waals surface area contributed by atoms with E-state index in [1.807, 2.05) is 36.4 Å². The van der Waals surface area contributed by atoms with Gasteiger partial charge < -0.3 is 8.83 Å². The van der Waals surface area contributed by atoms with Crippen LogP contribution in [0.4, 0.5) is 0 Å². The minimum atomic E-state index is 0.635. The van der Waals surface area contributed by atoms with Gasteiger partial charge in [0.1, 0.15) is 11.0 Å². The molecule has 4 aromatic carbocycles. The first-order chi connectivity index (χ1) is 15.6. The standard InChI is InChI=1S/C28H20N2O2/c1-17-5-3-7-21(13-17)27-29-23-15-19(9-11-25(23)31-27)20-10-12-26-24(16-20)30-28(32-26)22-8-4-6-18(2)14-22/h3-16H,1-2H3. The normalized spacial score (nSPS) is 11.4. The van der Waals surface area contributed by atoms with Gasteiger partial charge in [0.2, 0.25) is 11.8 Å². The fraction of sp³-hybridized carbons (Fsp3) is 0.0714. The van der Waals surface area contributed by atoms with Gasteiger partial charge in [-0.15, -0.1) is 0 Å². The maximum absolute atomic E-state index is 5.99. The fourth-order valence-electron chi connectivity index (χ4n) is 4.02. The molecule has 0 saturated heterocycles. The molecule has 0 N–H and O–H groups in total. The van der Waals surface area contributed by atoms with Crippen molar-refractivity contribution in [1.29, 1.82) is 0 Å². The average Bonchev–Trinajstić information content (AvgIpc) is 3.42. The molecular weight excluding hydrogens is 396 g/mol. The molecule has 0 saturated carbocycles. The molecule has 154 valence electrons. The quantitative estimate of drug-likeness (QED) is 0.298. The Morgan fingerprint density at radius 2 is 0.969 bits per heavy atom. The second-order valence-electron chi connectivity index (χ2n) is 8.14. The molecular formula is C28H20N2O2. The Balaban J connectivity index is 1.39. The Hall–Kier alpha value is -4.18. The maximum atomic E-state index is 5.99. The molecule has 2 aromatic heterocycles. The number of aromatic nitrogens is 2. The van der Waals surface area contributed by atoms with Crippen LogP contribution in [0, 0.1) is 13.8 Å². The maximum Gasteiger partial charge on any atom is 0.227 e. The summed E-state index contributed by atoms with van der Waals surface area (Å²) in [5.41, 5.74) is 9.65. The molecule has 0 unspecified atom stereocenters. The van der Waals surface area contributed by atoms with Crippen LogP contribution in [0.2, 0.25) is 0 Å². The molecule has 0 aliphatic heterocycles. The lowest BCUT2D eigenvalue weighted by Crippen LogP contribution is -1.80. The van der Waals surface area contributed by atoms with E-state index in [1.54, 1.807) is 0 Å². The highest BCUT2D eigenvalue weighted by Gasteiger charge is 2.12. The van der Waals surface area contributed by atoms with Gasteiger partial charge >= 0.3 is 0 Å². The van der Waals surface area contributed by atoms with Crippen LogP contribution in [0.25, 0.3) is 56.2 Å². The molecule has 0 atom stereocenters. The van der Waals surface area contributed by atoms with Crippen molar-refractivity contribution in [2.75, 3.05) is 0 Å². The number of hydrogen-bond donors (Lipinski definition) is 0. The van der Waals surface area contributed by atoms with Gasteiger partial charge in [-0.05, 0) is 73.5 Å². The lowest BCUT2D eigenvalue weighted by Gasteiger charge is -2.00. The highest BCUT2D eigenvalue weighted by molar-refractivity contribution is 5.86. The Bertz CT molecular complexity index is 1490. The predicted octanol–water partition coefficient (Wildman–Crippen LogP) is 7.59. The van der Waals surface area contributed by atoms with Crippen LogP contribution >= 0.6 is 0 Å². The zero-order valence-electron chi connectivity index (χ0n) is 17.8. The zero-order valence-corrected chi connectivity index (χ0v) is 17.8. The summed E-state index contributed by atoms with van der Waals surface area (Å²) < 4.78 is 12.0. The molecule has 4 heteroatoms. The highest BCUT2D eigenvalue weighted by Crippen LogP contribution is 2.32. The molecule has 0 radical (unpaired) electrons. The summed E-state index contributed by atoms with van der Waals surface area (Å²) in [6.45, 7) is 4.13. The van der Waals surface area contributed by atoms with Crippen LogP contribution < -0.4 is 0 Å². The van der Waals surface area contributed by atoms with E-state index in [2.05, 4.69) is 62.4 Å². The van der Waals surface area contributed by atoms with Crippen molar-refractivity contribution in [2.45, 2.75) is 13.8 Å². The largest absolute Gasteiger partial charge is 0.436 e. The Labute approximate surface area is 185 Å². The van der Waals surface area contributed by atoms with Crippen molar-refractivity contribution >= 4 is 22.2 Å². The molecule has 0 amide bonds. The van der Waals surface area contributed by atoms with Crippen LogP contribution in [0.5, 0.6) is 0 Å². The summed E-state index contributed by atoms with van der Waals surface area (Å²) in [4.78, 5) is 9.45. The number of nitrogens with zero attached hydrogens (tertiary/aromatic N) is 2. The Morgan fingerprint density at radius 1 is 0.500 bits per heavy atom.